The first-order chi connectivity index (χ1) is 16.6. The summed E-state index contributed by atoms with van der Waals surface area (Å²) in [6, 6.07) is 1.12. The van der Waals surface area contributed by atoms with E-state index in [1.54, 1.807) is 0 Å². The van der Waals surface area contributed by atoms with Crippen molar-refractivity contribution in [2.24, 2.45) is 31.7 Å². The van der Waals surface area contributed by atoms with Gasteiger partial charge in [-0.2, -0.15) is 16.8 Å². The largest absolute Gasteiger partial charge is 2.00 e. The first-order valence-corrected chi connectivity index (χ1v) is 14.1. The van der Waals surface area contributed by atoms with Crippen LogP contribution in [-0.2, 0) is 46.0 Å². The predicted octanol–water partition coefficient (Wildman–Crippen LogP) is -1.72. The number of allylic oxidation sites excluding steroid dienone is 2. The minimum Gasteiger partial charge on any atom is -0.858 e. The molecule has 17 heteroatoms. The van der Waals surface area contributed by atoms with Gasteiger partial charge < -0.3 is 41.5 Å². The summed E-state index contributed by atoms with van der Waals surface area (Å²) in [7, 11) is -7.95. The molecule has 14 nitrogen and oxygen atoms in total. The van der Waals surface area contributed by atoms with Crippen molar-refractivity contribution >= 4 is 32.4 Å². The van der Waals surface area contributed by atoms with Crippen LogP contribution in [-0.4, -0.2) is 52.8 Å². The Kier molecular flexibility index (Phi) is 15.5. The second-order valence-electron chi connectivity index (χ2n) is 8.62. The number of hydrogen-bond acceptors (Lipinski definition) is 12. The van der Waals surface area contributed by atoms with E-state index in [1.165, 1.54) is 39.5 Å². The zero-order valence-electron chi connectivity index (χ0n) is 20.7. The van der Waals surface area contributed by atoms with Crippen LogP contribution in [0.15, 0.2) is 32.5 Å². The Morgan fingerprint density at radius 3 is 1.08 bits per heavy atom. The molecule has 0 spiro atoms. The van der Waals surface area contributed by atoms with E-state index in [-0.39, 0.29) is 52.8 Å². The van der Waals surface area contributed by atoms with Crippen molar-refractivity contribution in [3.8, 4) is 0 Å². The molecule has 2 saturated carbocycles. The molecule has 2 aliphatic heterocycles. The molecule has 1 radical (unpaired) electrons. The molecule has 0 saturated heterocycles. The van der Waals surface area contributed by atoms with Crippen molar-refractivity contribution in [2.45, 2.75) is 89.4 Å². The van der Waals surface area contributed by atoms with Gasteiger partial charge in [-0.3, -0.25) is 0 Å². The van der Waals surface area contributed by atoms with Crippen molar-refractivity contribution in [3.05, 3.63) is 23.7 Å². The molecular formula is C20H36CuN6O8S2. The average molecular weight is 616 g/mol. The summed E-state index contributed by atoms with van der Waals surface area (Å²) in [6.07, 6.45) is 11.6. The van der Waals surface area contributed by atoms with Crippen molar-refractivity contribution < 1.29 is 52.5 Å². The van der Waals surface area contributed by atoms with E-state index >= 15 is 0 Å². The first kappa shape index (κ1) is 35.3. The van der Waals surface area contributed by atoms with Crippen molar-refractivity contribution in [2.75, 3.05) is 0 Å². The SMILES string of the molecule is CC1=CC([O-])=NS(=O)(=O)O1.CC1=CC([O-])=NS(=O)(=O)O1.N[C@@H]1CCCC[C@H]1N.N[C@H]1CCCC[C@@H]1N.[Cu+2]. The Balaban J connectivity index is 0.000000465. The Morgan fingerprint density at radius 2 is 0.919 bits per heavy atom. The first-order valence-electron chi connectivity index (χ1n) is 11.4. The number of rotatable bonds is 0. The van der Waals surface area contributed by atoms with Gasteiger partial charge in [0.2, 0.25) is 0 Å². The van der Waals surface area contributed by atoms with Gasteiger partial charge in [0.15, 0.2) is 0 Å². The van der Waals surface area contributed by atoms with E-state index in [9.17, 15) is 27.0 Å². The van der Waals surface area contributed by atoms with Crippen LogP contribution in [0.5, 0.6) is 0 Å². The van der Waals surface area contributed by atoms with E-state index in [2.05, 4.69) is 17.2 Å². The molecule has 8 N–H and O–H groups in total. The van der Waals surface area contributed by atoms with Gasteiger partial charge in [0, 0.05) is 36.0 Å². The van der Waals surface area contributed by atoms with Gasteiger partial charge >= 0.3 is 37.7 Å². The zero-order valence-corrected chi connectivity index (χ0v) is 23.3. The number of hydrogen-bond donors (Lipinski definition) is 4. The second-order valence-corrected chi connectivity index (χ2v) is 11.0. The van der Waals surface area contributed by atoms with E-state index in [0.29, 0.717) is 0 Å². The van der Waals surface area contributed by atoms with Crippen molar-refractivity contribution in [3.63, 3.8) is 0 Å². The van der Waals surface area contributed by atoms with Gasteiger partial charge in [-0.25, -0.2) is 0 Å². The average Bonchev–Trinajstić information content (AvgIpc) is 2.70. The van der Waals surface area contributed by atoms with Crippen molar-refractivity contribution in [1.82, 2.24) is 0 Å². The summed E-state index contributed by atoms with van der Waals surface area (Å²) in [5, 5.41) is 20.8. The van der Waals surface area contributed by atoms with Gasteiger partial charge in [0.05, 0.1) is 0 Å². The van der Waals surface area contributed by atoms with E-state index < -0.39 is 32.4 Å². The Labute approximate surface area is 229 Å². The summed E-state index contributed by atoms with van der Waals surface area (Å²) in [5.41, 5.74) is 22.6. The van der Waals surface area contributed by atoms with Crippen LogP contribution in [0.4, 0.5) is 0 Å². The third-order valence-corrected chi connectivity index (χ3v) is 7.03. The van der Waals surface area contributed by atoms with Gasteiger partial charge in [-0.15, -0.1) is 8.80 Å². The molecule has 4 rings (SSSR count). The minimum absolute atomic E-state index is 0. The molecule has 2 aliphatic carbocycles. The monoisotopic (exact) mass is 615 g/mol. The maximum atomic E-state index is 10.4. The molecule has 2 fully saturated rings. The summed E-state index contributed by atoms with van der Waals surface area (Å²) >= 11 is 0. The fraction of sp³-hybridized carbons (Fsp3) is 0.700. The molecular weight excluding hydrogens is 580 g/mol. The molecule has 2 heterocycles. The third-order valence-electron chi connectivity index (χ3n) is 5.28. The quantitative estimate of drug-likeness (QED) is 0.222. The molecule has 37 heavy (non-hydrogen) atoms. The number of nitrogens with two attached hydrogens (primary N) is 4. The molecule has 0 aromatic carbocycles. The zero-order chi connectivity index (χ0) is 27.5. The predicted molar refractivity (Wildman–Crippen MR) is 131 cm³/mol. The van der Waals surface area contributed by atoms with E-state index in [0.717, 1.165) is 37.8 Å². The van der Waals surface area contributed by atoms with Crippen LogP contribution < -0.4 is 33.1 Å². The summed E-state index contributed by atoms with van der Waals surface area (Å²) in [5.74, 6) is -1.52. The van der Waals surface area contributed by atoms with Gasteiger partial charge in [-0.05, 0) is 51.7 Å². The topological polar surface area (TPSA) is 262 Å². The molecule has 4 aliphatic rings. The normalized spacial score (nSPS) is 29.4. The molecule has 0 aromatic rings. The third kappa shape index (κ3) is 15.3. The summed E-state index contributed by atoms with van der Waals surface area (Å²) < 4.78 is 55.5. The van der Waals surface area contributed by atoms with Crippen LogP contribution in [0, 0.1) is 0 Å². The molecule has 0 bridgehead atoms. The van der Waals surface area contributed by atoms with Crippen LogP contribution in [0.3, 0.4) is 0 Å². The summed E-state index contributed by atoms with van der Waals surface area (Å²) in [6.45, 7) is 2.73. The second kappa shape index (κ2) is 16.3. The maximum Gasteiger partial charge on any atom is 2.00 e. The molecule has 0 aromatic heterocycles. The van der Waals surface area contributed by atoms with Crippen LogP contribution >= 0.6 is 0 Å². The van der Waals surface area contributed by atoms with Crippen LogP contribution in [0.1, 0.15) is 65.2 Å². The van der Waals surface area contributed by atoms with Gasteiger partial charge in [0.25, 0.3) is 0 Å². The molecule has 4 atom stereocenters. The Morgan fingerprint density at radius 1 is 0.676 bits per heavy atom. The maximum absolute atomic E-state index is 10.4. The number of nitrogens with zero attached hydrogens (tertiary/aromatic N) is 2. The fourth-order valence-corrected chi connectivity index (χ4v) is 4.80. The fourth-order valence-electron chi connectivity index (χ4n) is 3.41. The van der Waals surface area contributed by atoms with Crippen molar-refractivity contribution in [1.29, 1.82) is 0 Å². The Bertz CT molecular complexity index is 959. The molecule has 0 amide bonds. The van der Waals surface area contributed by atoms with Crippen LogP contribution in [0.2, 0.25) is 0 Å². The standard InChI is InChI=1S/2C6H14N2.2C4H5NO4S.Cu/c2*7-5-3-1-2-4-6(5)8;2*1-3-2-4(6)5-10(7,8)9-3;/h2*5-6H,1-4,7-8H2;2*2H,1H3,(H,5,6);/q;;;;+2/p-2/t2*5-,6-;;;/m10.../s1. The van der Waals surface area contributed by atoms with E-state index in [4.69, 9.17) is 22.9 Å². The molecule has 217 valence electrons. The van der Waals surface area contributed by atoms with Crippen LogP contribution in [0.25, 0.3) is 0 Å². The van der Waals surface area contributed by atoms with Gasteiger partial charge in [-0.1, -0.05) is 25.7 Å². The molecule has 0 unspecified atom stereocenters. The Hall–Kier alpha value is -1.72. The van der Waals surface area contributed by atoms with Gasteiger partial charge in [0.1, 0.15) is 11.5 Å². The smallest absolute Gasteiger partial charge is 0.858 e. The van der Waals surface area contributed by atoms with E-state index in [1.807, 2.05) is 0 Å². The minimum atomic E-state index is -3.97. The summed E-state index contributed by atoms with van der Waals surface area (Å²) in [4.78, 5) is 0.